The largest absolute Gasteiger partial charge is 0.486 e. The summed E-state index contributed by atoms with van der Waals surface area (Å²) in [5, 5.41) is 10.9. The Kier molecular flexibility index (Phi) is 7.38. The van der Waals surface area contributed by atoms with Gasteiger partial charge in [-0.25, -0.2) is 15.0 Å². The van der Waals surface area contributed by atoms with E-state index in [1.165, 1.54) is 11.8 Å². The number of anilines is 2. The summed E-state index contributed by atoms with van der Waals surface area (Å²) >= 11 is 1.50. The molecule has 3 N–H and O–H groups in total. The number of aliphatic hydroxyl groups is 1. The maximum absolute atomic E-state index is 10.2. The lowest BCUT2D eigenvalue weighted by molar-refractivity contribution is 0.0973. The van der Waals surface area contributed by atoms with Gasteiger partial charge in [0.1, 0.15) is 17.3 Å². The van der Waals surface area contributed by atoms with Crippen molar-refractivity contribution in [2.75, 3.05) is 55.9 Å². The van der Waals surface area contributed by atoms with E-state index >= 15 is 0 Å². The number of ether oxygens (including phenoxy) is 3. The average molecular weight is 543 g/mol. The van der Waals surface area contributed by atoms with Gasteiger partial charge in [-0.3, -0.25) is 0 Å². The Morgan fingerprint density at radius 1 is 1.26 bits per heavy atom. The van der Waals surface area contributed by atoms with E-state index in [9.17, 15) is 5.11 Å². The van der Waals surface area contributed by atoms with Crippen LogP contribution in [-0.4, -0.2) is 84.3 Å². The van der Waals surface area contributed by atoms with E-state index < -0.39 is 0 Å². The maximum atomic E-state index is 10.2. The molecule has 206 valence electrons. The Labute approximate surface area is 228 Å². The first-order chi connectivity index (χ1) is 18.5. The molecule has 3 saturated heterocycles. The van der Waals surface area contributed by atoms with Gasteiger partial charge in [-0.05, 0) is 39.2 Å². The SMILES string of the molecule is CCOC[C@@H]1CC2COc3c(Sc4cnc(N5CCC6(CC5)CO[C@@H](C)[C@H]6N)c(CO)n4)ccnc3N2C1. The summed E-state index contributed by atoms with van der Waals surface area (Å²) in [7, 11) is 0. The van der Waals surface area contributed by atoms with Crippen molar-refractivity contribution in [2.45, 2.75) is 67.8 Å². The molecule has 3 fully saturated rings. The average Bonchev–Trinajstić information content (AvgIpc) is 3.49. The molecule has 2 aromatic heterocycles. The molecule has 11 heteroatoms. The second-order valence-corrected chi connectivity index (χ2v) is 12.0. The third-order valence-electron chi connectivity index (χ3n) is 8.67. The van der Waals surface area contributed by atoms with Crippen molar-refractivity contribution in [3.05, 3.63) is 24.2 Å². The standard InChI is InChI=1S/C27H38N6O4S/c1-3-35-14-18-10-19-15-36-23-21(4-7-29-26(23)33(19)12-18)38-22-11-30-25(20(13-34)31-22)32-8-5-27(6-9-32)16-37-17(2)24(27)28/h4,7,11,17-19,24,34H,3,5-6,8-10,12-16,28H2,1-2H3/t17-,18+,19?,24+/m0/s1. The van der Waals surface area contributed by atoms with Crippen LogP contribution >= 0.6 is 11.8 Å². The summed E-state index contributed by atoms with van der Waals surface area (Å²) in [6.45, 7) is 9.39. The molecule has 1 spiro atoms. The molecule has 0 amide bonds. The Morgan fingerprint density at radius 2 is 2.11 bits per heavy atom. The molecule has 0 aromatic carbocycles. The molecule has 0 bridgehead atoms. The number of hydrogen-bond donors (Lipinski definition) is 2. The Bertz CT molecular complexity index is 1150. The highest BCUT2D eigenvalue weighted by atomic mass is 32.2. The molecule has 6 rings (SSSR count). The molecule has 6 heterocycles. The Balaban J connectivity index is 1.16. The number of nitrogens with zero attached hydrogens (tertiary/aromatic N) is 5. The number of nitrogens with two attached hydrogens (primary N) is 1. The van der Waals surface area contributed by atoms with E-state index in [1.807, 2.05) is 19.2 Å². The highest BCUT2D eigenvalue weighted by molar-refractivity contribution is 7.99. The molecule has 4 aliphatic rings. The van der Waals surface area contributed by atoms with Gasteiger partial charge >= 0.3 is 0 Å². The molecule has 10 nitrogen and oxygen atoms in total. The van der Waals surface area contributed by atoms with Crippen molar-refractivity contribution >= 4 is 23.4 Å². The number of rotatable bonds is 7. The summed E-state index contributed by atoms with van der Waals surface area (Å²) in [6, 6.07) is 2.36. The molecular weight excluding hydrogens is 504 g/mol. The Morgan fingerprint density at radius 3 is 2.84 bits per heavy atom. The van der Waals surface area contributed by atoms with Crippen LogP contribution in [0.3, 0.4) is 0 Å². The van der Waals surface area contributed by atoms with Crippen LogP contribution in [-0.2, 0) is 16.1 Å². The van der Waals surface area contributed by atoms with Gasteiger partial charge in [0.2, 0.25) is 0 Å². The lowest BCUT2D eigenvalue weighted by atomic mass is 9.73. The zero-order valence-corrected chi connectivity index (χ0v) is 23.0. The minimum absolute atomic E-state index is 0.0380. The lowest BCUT2D eigenvalue weighted by Gasteiger charge is -2.41. The fraction of sp³-hybridized carbons (Fsp3) is 0.667. The van der Waals surface area contributed by atoms with Crippen molar-refractivity contribution < 1.29 is 19.3 Å². The van der Waals surface area contributed by atoms with E-state index in [0.717, 1.165) is 86.0 Å². The second-order valence-electron chi connectivity index (χ2n) is 11.0. The zero-order valence-electron chi connectivity index (χ0n) is 22.2. The van der Waals surface area contributed by atoms with Gasteiger partial charge in [-0.1, -0.05) is 11.8 Å². The molecule has 0 saturated carbocycles. The predicted molar refractivity (Wildman–Crippen MR) is 145 cm³/mol. The summed E-state index contributed by atoms with van der Waals surface area (Å²) in [4.78, 5) is 19.8. The first-order valence-electron chi connectivity index (χ1n) is 13.7. The third-order valence-corrected chi connectivity index (χ3v) is 9.62. The van der Waals surface area contributed by atoms with Crippen LogP contribution in [0.15, 0.2) is 28.4 Å². The molecule has 38 heavy (non-hydrogen) atoms. The first kappa shape index (κ1) is 26.1. The maximum Gasteiger partial charge on any atom is 0.175 e. The van der Waals surface area contributed by atoms with Crippen LogP contribution in [0.25, 0.3) is 0 Å². The summed E-state index contributed by atoms with van der Waals surface area (Å²) in [5.41, 5.74) is 7.12. The van der Waals surface area contributed by atoms with Gasteiger partial charge in [0.05, 0.1) is 43.1 Å². The van der Waals surface area contributed by atoms with Crippen molar-refractivity contribution in [3.63, 3.8) is 0 Å². The van der Waals surface area contributed by atoms with E-state index in [2.05, 4.69) is 21.7 Å². The van der Waals surface area contributed by atoms with Gasteiger partial charge in [-0.15, -0.1) is 0 Å². The van der Waals surface area contributed by atoms with E-state index in [1.54, 1.807) is 6.20 Å². The third kappa shape index (κ3) is 4.72. The van der Waals surface area contributed by atoms with Gasteiger partial charge in [0.25, 0.3) is 0 Å². The number of aliphatic hydroxyl groups excluding tert-OH is 1. The molecule has 0 aliphatic carbocycles. The minimum atomic E-state index is -0.167. The summed E-state index contributed by atoms with van der Waals surface area (Å²) in [5.74, 6) is 2.93. The smallest absolute Gasteiger partial charge is 0.175 e. The fourth-order valence-electron chi connectivity index (χ4n) is 6.43. The normalized spacial score (nSPS) is 27.9. The van der Waals surface area contributed by atoms with Crippen LogP contribution in [0.1, 0.15) is 38.8 Å². The summed E-state index contributed by atoms with van der Waals surface area (Å²) < 4.78 is 17.8. The highest BCUT2D eigenvalue weighted by Gasteiger charge is 2.48. The minimum Gasteiger partial charge on any atom is -0.486 e. The van der Waals surface area contributed by atoms with Crippen molar-refractivity contribution in [1.29, 1.82) is 0 Å². The molecule has 1 unspecified atom stereocenters. The molecule has 2 aromatic rings. The number of hydrogen-bond acceptors (Lipinski definition) is 11. The lowest BCUT2D eigenvalue weighted by Crippen LogP contribution is -2.51. The van der Waals surface area contributed by atoms with Crippen molar-refractivity contribution in [2.24, 2.45) is 17.1 Å². The van der Waals surface area contributed by atoms with Crippen LogP contribution in [0.2, 0.25) is 0 Å². The van der Waals surface area contributed by atoms with Gasteiger partial charge in [0, 0.05) is 49.8 Å². The van der Waals surface area contributed by atoms with Crippen molar-refractivity contribution in [3.8, 4) is 5.75 Å². The molecular formula is C27H38N6O4S. The van der Waals surface area contributed by atoms with E-state index in [0.29, 0.717) is 24.3 Å². The second kappa shape index (κ2) is 10.8. The number of fused-ring (bicyclic) bond motifs is 3. The predicted octanol–water partition coefficient (Wildman–Crippen LogP) is 2.47. The highest BCUT2D eigenvalue weighted by Crippen LogP contribution is 2.45. The quantitative estimate of drug-likeness (QED) is 0.537. The van der Waals surface area contributed by atoms with Gasteiger partial charge < -0.3 is 34.9 Å². The first-order valence-corrected chi connectivity index (χ1v) is 14.6. The monoisotopic (exact) mass is 542 g/mol. The van der Waals surface area contributed by atoms with E-state index in [4.69, 9.17) is 29.9 Å². The van der Waals surface area contributed by atoms with Crippen LogP contribution in [0, 0.1) is 11.3 Å². The van der Waals surface area contributed by atoms with Crippen LogP contribution in [0.4, 0.5) is 11.6 Å². The fourth-order valence-corrected chi connectivity index (χ4v) is 7.29. The number of piperidine rings is 1. The molecule has 0 radical (unpaired) electrons. The van der Waals surface area contributed by atoms with Crippen molar-refractivity contribution in [1.82, 2.24) is 15.0 Å². The Hall–Kier alpha value is -2.18. The number of aromatic nitrogens is 3. The number of pyridine rings is 1. The van der Waals surface area contributed by atoms with Gasteiger partial charge in [0.15, 0.2) is 17.4 Å². The topological polar surface area (TPSA) is 119 Å². The van der Waals surface area contributed by atoms with E-state index in [-0.39, 0.29) is 24.2 Å². The molecule has 4 aliphatic heterocycles. The van der Waals surface area contributed by atoms with Crippen LogP contribution in [0.5, 0.6) is 5.75 Å². The van der Waals surface area contributed by atoms with Gasteiger partial charge in [-0.2, -0.15) is 0 Å². The zero-order chi connectivity index (χ0) is 26.3. The summed E-state index contributed by atoms with van der Waals surface area (Å²) in [6.07, 6.45) is 6.68. The van der Waals surface area contributed by atoms with Crippen LogP contribution < -0.4 is 20.3 Å². The molecule has 4 atom stereocenters.